The zero-order valence-corrected chi connectivity index (χ0v) is 16.4. The second-order valence-electron chi connectivity index (χ2n) is 7.45. The Morgan fingerprint density at radius 2 is 1.88 bits per heavy atom. The molecule has 4 atom stereocenters. The molecule has 0 radical (unpaired) electrons. The van der Waals surface area contributed by atoms with Crippen molar-refractivity contribution in [1.82, 2.24) is 5.32 Å². The fourth-order valence-corrected chi connectivity index (χ4v) is 11.0. The van der Waals surface area contributed by atoms with Crippen molar-refractivity contribution >= 4 is 28.0 Å². The van der Waals surface area contributed by atoms with Crippen molar-refractivity contribution in [1.29, 1.82) is 0 Å². The van der Waals surface area contributed by atoms with Crippen LogP contribution in [0.25, 0.3) is 0 Å². The van der Waals surface area contributed by atoms with Gasteiger partial charge < -0.3 is 0 Å². The monoisotopic (exact) mass is 437 g/mol. The molecule has 0 heterocycles. The van der Waals surface area contributed by atoms with Crippen molar-refractivity contribution < 1.29 is 31.5 Å². The van der Waals surface area contributed by atoms with Gasteiger partial charge in [0.2, 0.25) is 0 Å². The van der Waals surface area contributed by atoms with Gasteiger partial charge in [-0.2, -0.15) is 0 Å². The van der Waals surface area contributed by atoms with Crippen LogP contribution in [-0.4, -0.2) is 50.9 Å². The van der Waals surface area contributed by atoms with Crippen LogP contribution in [0.4, 0.5) is 13.2 Å². The molecule has 1 amide bonds. The van der Waals surface area contributed by atoms with E-state index in [0.717, 1.165) is 0 Å². The molecule has 10 heteroatoms. The van der Waals surface area contributed by atoms with E-state index in [-0.39, 0.29) is 12.5 Å². The number of carbonyl (C=O) groups excluding carboxylic acids is 1. The van der Waals surface area contributed by atoms with Gasteiger partial charge >= 0.3 is 145 Å². The number of halogens is 3. The van der Waals surface area contributed by atoms with E-state index in [2.05, 4.69) is 5.32 Å². The van der Waals surface area contributed by atoms with Gasteiger partial charge in [0.1, 0.15) is 0 Å². The predicted octanol–water partition coefficient (Wildman–Crippen LogP) is 1.65. The van der Waals surface area contributed by atoms with Gasteiger partial charge in [-0.25, -0.2) is 0 Å². The summed E-state index contributed by atoms with van der Waals surface area (Å²) >= 11 is -1.86. The number of hydrogen-bond acceptors (Lipinski definition) is 4. The number of alkyl halides is 3. The van der Waals surface area contributed by atoms with Crippen molar-refractivity contribution in [3.05, 3.63) is 0 Å². The Morgan fingerprint density at radius 3 is 2.33 bits per heavy atom. The molecule has 2 aliphatic carbocycles. The Balaban J connectivity index is 2.46. The average molecular weight is 436 g/mol. The Labute approximate surface area is 144 Å². The maximum atomic E-state index is 12.9. The normalized spacial score (nSPS) is 38.3. The maximum absolute atomic E-state index is 12.9. The molecule has 2 aliphatic rings. The summed E-state index contributed by atoms with van der Waals surface area (Å²) < 4.78 is 62.0. The van der Waals surface area contributed by atoms with Crippen molar-refractivity contribution in [3.63, 3.8) is 0 Å². The Hall–Kier alpha value is -0.311. The van der Waals surface area contributed by atoms with Gasteiger partial charge in [-0.15, -0.1) is 0 Å². The van der Waals surface area contributed by atoms with Gasteiger partial charge in [0.05, 0.1) is 0 Å². The first-order chi connectivity index (χ1) is 10.6. The molecule has 0 aromatic rings. The molecule has 0 aromatic heterocycles. The summed E-state index contributed by atoms with van der Waals surface area (Å²) in [5.74, 6) is -0.754. The zero-order valence-electron chi connectivity index (χ0n) is 13.9. The molecule has 0 aromatic carbocycles. The van der Waals surface area contributed by atoms with Gasteiger partial charge in [-0.3, -0.25) is 0 Å². The number of carbonyl (C=O) groups is 1. The minimum atomic E-state index is -5.32. The van der Waals surface area contributed by atoms with E-state index in [1.165, 1.54) is 6.92 Å². The quantitative estimate of drug-likeness (QED) is 0.657. The molecule has 2 N–H and O–H groups in total. The molecule has 0 saturated heterocycles. The van der Waals surface area contributed by atoms with Crippen molar-refractivity contribution in [2.24, 2.45) is 16.7 Å². The van der Waals surface area contributed by atoms with Crippen LogP contribution in [0.3, 0.4) is 0 Å². The minimum absolute atomic E-state index is 0.238. The van der Waals surface area contributed by atoms with E-state index in [1.807, 2.05) is 13.8 Å². The van der Waals surface area contributed by atoms with E-state index in [1.54, 1.807) is 6.92 Å². The fourth-order valence-electron chi connectivity index (χ4n) is 4.38. The van der Waals surface area contributed by atoms with Gasteiger partial charge in [0, 0.05) is 0 Å². The van der Waals surface area contributed by atoms with Gasteiger partial charge in [0.25, 0.3) is 0 Å². The molecule has 2 fully saturated rings. The third-order valence-electron chi connectivity index (χ3n) is 6.22. The van der Waals surface area contributed by atoms with Crippen LogP contribution in [0.15, 0.2) is 0 Å². The van der Waals surface area contributed by atoms with Gasteiger partial charge in [0.15, 0.2) is 0 Å². The topological polar surface area (TPSA) is 83.5 Å². The van der Waals surface area contributed by atoms with E-state index in [0.29, 0.717) is 12.8 Å². The van der Waals surface area contributed by atoms with Crippen LogP contribution >= 0.6 is 0 Å². The molecule has 140 valence electrons. The number of fused-ring (bicyclic) bond motifs is 2. The second kappa shape index (κ2) is 5.59. The summed E-state index contributed by atoms with van der Waals surface area (Å²) in [4.78, 5) is 10.2. The molecular formula is C14H22F3NO4SSe. The summed E-state index contributed by atoms with van der Waals surface area (Å²) in [7, 11) is -5.30. The number of amides is 1. The average Bonchev–Trinajstić information content (AvgIpc) is 2.69. The molecule has 2 bridgehead atoms. The van der Waals surface area contributed by atoms with Crippen molar-refractivity contribution in [2.45, 2.75) is 56.5 Å². The summed E-state index contributed by atoms with van der Waals surface area (Å²) in [5.41, 5.74) is -8.29. The van der Waals surface area contributed by atoms with E-state index >= 15 is 0 Å². The summed E-state index contributed by atoms with van der Waals surface area (Å²) in [5, 5.41) is 13.8. The fraction of sp³-hybridized carbons (Fsp3) is 0.929. The Bertz CT molecular complexity index is 651. The second-order valence-corrected chi connectivity index (χ2v) is 14.1. The first kappa shape index (κ1) is 20.0. The van der Waals surface area contributed by atoms with E-state index < -0.39 is 54.8 Å². The van der Waals surface area contributed by atoms with Crippen molar-refractivity contribution in [3.8, 4) is 0 Å². The summed E-state index contributed by atoms with van der Waals surface area (Å²) in [6, 6.07) is 0. The molecule has 0 aliphatic heterocycles. The van der Waals surface area contributed by atoms with Crippen LogP contribution in [0.2, 0.25) is 4.82 Å². The SMILES string of the molecule is CC(=O)NC[C@@]1(O)[C@@H]([Se]S(=O)(=O)C(F)(F)F)C2CCC1(C)C2(C)C. The van der Waals surface area contributed by atoms with Crippen LogP contribution in [0.5, 0.6) is 0 Å². The van der Waals surface area contributed by atoms with Crippen LogP contribution in [0.1, 0.15) is 40.5 Å². The van der Waals surface area contributed by atoms with Crippen LogP contribution < -0.4 is 5.32 Å². The van der Waals surface area contributed by atoms with Gasteiger partial charge in [-0.05, 0) is 0 Å². The predicted molar refractivity (Wildman–Crippen MR) is 82.7 cm³/mol. The first-order valence-electron chi connectivity index (χ1n) is 7.56. The Morgan fingerprint density at radius 1 is 1.33 bits per heavy atom. The number of aliphatic hydroxyl groups is 1. The standard InChI is InChI=1S/C14H22F3NO4SSe/c1-8(19)18-7-13(20)10(24-23(21,22)14(15,16)17)9-5-6-12(13,4)11(9,2)3/h9-10,20H,5-7H2,1-4H3,(H,18,19)/t9?,10-,12?,13+/m0/s1. The molecule has 0 spiro atoms. The molecule has 5 nitrogen and oxygen atoms in total. The van der Waals surface area contributed by atoms with Crippen molar-refractivity contribution in [2.75, 3.05) is 6.54 Å². The molecule has 2 rings (SSSR count). The third-order valence-corrected chi connectivity index (χ3v) is 12.8. The number of hydrogen-bond donors (Lipinski definition) is 2. The van der Waals surface area contributed by atoms with Crippen LogP contribution in [-0.2, 0) is 13.0 Å². The first-order valence-corrected chi connectivity index (χ1v) is 12.1. The zero-order chi connectivity index (χ0) is 18.8. The molecule has 2 unspecified atom stereocenters. The number of rotatable bonds is 4. The summed E-state index contributed by atoms with van der Waals surface area (Å²) in [6.07, 6.45) is 1.16. The van der Waals surface area contributed by atoms with E-state index in [9.17, 15) is 31.5 Å². The third kappa shape index (κ3) is 2.61. The number of nitrogens with one attached hydrogen (secondary N) is 1. The van der Waals surface area contributed by atoms with Gasteiger partial charge in [-0.1, -0.05) is 0 Å². The molecule has 24 heavy (non-hydrogen) atoms. The summed E-state index contributed by atoms with van der Waals surface area (Å²) in [6.45, 7) is 6.51. The van der Waals surface area contributed by atoms with Crippen LogP contribution in [0, 0.1) is 16.7 Å². The molecular weight excluding hydrogens is 414 g/mol. The van der Waals surface area contributed by atoms with E-state index in [4.69, 9.17) is 0 Å². The molecule has 2 saturated carbocycles. The Kier molecular flexibility index (Phi) is 4.66.